The molecule has 3 aliphatic rings. The molecule has 0 bridgehead atoms. The molecule has 1 spiro atoms. The predicted octanol–water partition coefficient (Wildman–Crippen LogP) is 5.12. The van der Waals surface area contributed by atoms with Crippen LogP contribution in [0, 0.1) is 12.3 Å². The monoisotopic (exact) mass is 403 g/mol. The van der Waals surface area contributed by atoms with E-state index in [1.807, 2.05) is 43.3 Å². The van der Waals surface area contributed by atoms with Gasteiger partial charge in [-0.05, 0) is 71.6 Å². The third-order valence-corrected chi connectivity index (χ3v) is 8.41. The third-order valence-electron chi connectivity index (χ3n) is 6.60. The predicted molar refractivity (Wildman–Crippen MR) is 117 cm³/mol. The van der Waals surface area contributed by atoms with Gasteiger partial charge in [-0.15, -0.1) is 0 Å². The van der Waals surface area contributed by atoms with Gasteiger partial charge in [0.1, 0.15) is 0 Å². The van der Waals surface area contributed by atoms with Gasteiger partial charge in [-0.1, -0.05) is 60.7 Å². The lowest BCUT2D eigenvalue weighted by Crippen LogP contribution is -2.29. The van der Waals surface area contributed by atoms with Crippen molar-refractivity contribution in [2.45, 2.75) is 31.1 Å². The molecule has 4 heteroatoms. The van der Waals surface area contributed by atoms with Gasteiger partial charge >= 0.3 is 0 Å². The Labute approximate surface area is 173 Å². The second-order valence-electron chi connectivity index (χ2n) is 8.48. The zero-order valence-electron chi connectivity index (χ0n) is 16.7. The van der Waals surface area contributed by atoms with Crippen molar-refractivity contribution in [1.29, 1.82) is 0 Å². The first kappa shape index (κ1) is 18.6. The number of rotatable bonds is 4. The number of nitrogens with zero attached hydrogens (tertiary/aromatic N) is 1. The molecule has 0 saturated heterocycles. The minimum atomic E-state index is -3.52. The number of hydrogen-bond donors (Lipinski definition) is 0. The van der Waals surface area contributed by atoms with Gasteiger partial charge in [0.15, 0.2) is 0 Å². The summed E-state index contributed by atoms with van der Waals surface area (Å²) in [6.45, 7) is 7.02. The maximum Gasteiger partial charge on any atom is 0.243 e. The van der Waals surface area contributed by atoms with E-state index in [2.05, 4.69) is 18.7 Å². The van der Waals surface area contributed by atoms with E-state index in [9.17, 15) is 8.42 Å². The Morgan fingerprint density at radius 1 is 1.00 bits per heavy atom. The van der Waals surface area contributed by atoms with Crippen molar-refractivity contribution in [3.8, 4) is 0 Å². The molecule has 1 saturated carbocycles. The fraction of sp³-hybridized carbons (Fsp3) is 0.280. The Morgan fingerprint density at radius 2 is 1.69 bits per heavy atom. The smallest absolute Gasteiger partial charge is 0.207 e. The van der Waals surface area contributed by atoms with Gasteiger partial charge in [-0.2, -0.15) is 4.31 Å². The molecule has 2 aromatic carbocycles. The van der Waals surface area contributed by atoms with E-state index in [4.69, 9.17) is 0 Å². The molecule has 2 aromatic rings. The van der Waals surface area contributed by atoms with Gasteiger partial charge in [0, 0.05) is 13.1 Å². The Morgan fingerprint density at radius 3 is 2.31 bits per heavy atom. The van der Waals surface area contributed by atoms with Gasteiger partial charge < -0.3 is 0 Å². The van der Waals surface area contributed by atoms with Crippen LogP contribution in [-0.4, -0.2) is 25.8 Å². The van der Waals surface area contributed by atoms with Crippen molar-refractivity contribution in [3.63, 3.8) is 0 Å². The molecule has 1 heterocycles. The summed E-state index contributed by atoms with van der Waals surface area (Å²) in [5, 5.41) is 0. The van der Waals surface area contributed by atoms with E-state index in [1.165, 1.54) is 22.3 Å². The summed E-state index contributed by atoms with van der Waals surface area (Å²) in [5.74, 6) is 0. The average Bonchev–Trinajstić information content (AvgIpc) is 3.35. The summed E-state index contributed by atoms with van der Waals surface area (Å²) in [6.07, 6.45) is 5.29. The summed E-state index contributed by atoms with van der Waals surface area (Å²) in [5.41, 5.74) is 7.36. The van der Waals surface area contributed by atoms with E-state index in [1.54, 1.807) is 16.4 Å². The fourth-order valence-electron chi connectivity index (χ4n) is 4.88. The summed E-state index contributed by atoms with van der Waals surface area (Å²) < 4.78 is 28.3. The molecule has 3 nitrogen and oxygen atoms in total. The molecule has 1 fully saturated rings. The van der Waals surface area contributed by atoms with Crippen LogP contribution < -0.4 is 0 Å². The minimum Gasteiger partial charge on any atom is -0.207 e. The van der Waals surface area contributed by atoms with Crippen molar-refractivity contribution in [2.75, 3.05) is 13.1 Å². The van der Waals surface area contributed by atoms with Crippen LogP contribution >= 0.6 is 0 Å². The maximum atomic E-state index is 13.3. The third kappa shape index (κ3) is 2.93. The number of hydrogen-bond acceptors (Lipinski definition) is 2. The second-order valence-corrected chi connectivity index (χ2v) is 10.4. The number of sulfonamides is 1. The summed E-state index contributed by atoms with van der Waals surface area (Å²) in [6, 6.07) is 17.5. The van der Waals surface area contributed by atoms with Crippen LogP contribution in [-0.2, 0) is 10.0 Å². The fourth-order valence-corrected chi connectivity index (χ4v) is 6.28. The molecular formula is C25H25NO2S. The van der Waals surface area contributed by atoms with Crippen LogP contribution in [0.3, 0.4) is 0 Å². The zero-order valence-corrected chi connectivity index (χ0v) is 17.5. The summed E-state index contributed by atoms with van der Waals surface area (Å²) in [4.78, 5) is 0.373. The largest absolute Gasteiger partial charge is 0.243 e. The first-order chi connectivity index (χ1) is 13.9. The molecule has 0 N–H and O–H groups in total. The summed E-state index contributed by atoms with van der Waals surface area (Å²) in [7, 11) is -3.52. The van der Waals surface area contributed by atoms with Crippen molar-refractivity contribution < 1.29 is 8.42 Å². The molecule has 0 aromatic heterocycles. The minimum absolute atomic E-state index is 0.162. The van der Waals surface area contributed by atoms with Crippen LogP contribution in [0.2, 0.25) is 0 Å². The van der Waals surface area contributed by atoms with E-state index in [0.717, 1.165) is 30.4 Å². The van der Waals surface area contributed by atoms with E-state index in [-0.39, 0.29) is 5.41 Å². The highest BCUT2D eigenvalue weighted by Gasteiger charge is 2.51. The van der Waals surface area contributed by atoms with Crippen LogP contribution in [0.15, 0.2) is 88.9 Å². The topological polar surface area (TPSA) is 37.4 Å². The van der Waals surface area contributed by atoms with Gasteiger partial charge in [0.2, 0.25) is 10.0 Å². The van der Waals surface area contributed by atoms with Crippen molar-refractivity contribution in [3.05, 3.63) is 95.1 Å². The molecule has 1 aliphatic heterocycles. The molecular weight excluding hydrogens is 378 g/mol. The van der Waals surface area contributed by atoms with Crippen molar-refractivity contribution in [1.82, 2.24) is 4.31 Å². The molecule has 0 atom stereocenters. The quantitative estimate of drug-likeness (QED) is 0.711. The molecule has 0 amide bonds. The van der Waals surface area contributed by atoms with Crippen LogP contribution in [0.4, 0.5) is 0 Å². The first-order valence-corrected chi connectivity index (χ1v) is 11.6. The van der Waals surface area contributed by atoms with Gasteiger partial charge in [-0.25, -0.2) is 8.42 Å². The highest BCUT2D eigenvalue weighted by Crippen LogP contribution is 2.62. The Bertz CT molecular complexity index is 1150. The Balaban J connectivity index is 1.56. The molecule has 2 aliphatic carbocycles. The van der Waals surface area contributed by atoms with Gasteiger partial charge in [0.05, 0.1) is 4.90 Å². The number of allylic oxidation sites excluding steroid dienone is 2. The maximum absolute atomic E-state index is 13.3. The highest BCUT2D eigenvalue weighted by atomic mass is 32.2. The molecule has 148 valence electrons. The van der Waals surface area contributed by atoms with Crippen molar-refractivity contribution in [2.24, 2.45) is 5.41 Å². The van der Waals surface area contributed by atoms with Crippen LogP contribution in [0.25, 0.3) is 5.57 Å². The Kier molecular flexibility index (Phi) is 4.19. The SMILES string of the molecule is C=CC1=C(c2ccccc2)C2=C(CN(S(=O)(=O)c3ccc(C)cc3)C2)CC12CC2. The van der Waals surface area contributed by atoms with Gasteiger partial charge in [-0.3, -0.25) is 0 Å². The lowest BCUT2D eigenvalue weighted by atomic mass is 9.75. The molecule has 0 radical (unpaired) electrons. The highest BCUT2D eigenvalue weighted by molar-refractivity contribution is 7.89. The number of benzene rings is 2. The Hall–Kier alpha value is -2.43. The van der Waals surface area contributed by atoms with E-state index in [0.29, 0.717) is 18.0 Å². The van der Waals surface area contributed by atoms with Crippen LogP contribution in [0.5, 0.6) is 0 Å². The molecule has 29 heavy (non-hydrogen) atoms. The van der Waals surface area contributed by atoms with Crippen molar-refractivity contribution >= 4 is 15.6 Å². The normalized spacial score (nSPS) is 20.9. The number of aryl methyl sites for hydroxylation is 1. The lowest BCUT2D eigenvalue weighted by Gasteiger charge is -2.28. The average molecular weight is 404 g/mol. The second kappa shape index (κ2) is 6.54. The first-order valence-electron chi connectivity index (χ1n) is 10.2. The zero-order chi connectivity index (χ0) is 20.2. The van der Waals surface area contributed by atoms with Gasteiger partial charge in [0.25, 0.3) is 0 Å². The molecule has 0 unspecified atom stereocenters. The summed E-state index contributed by atoms with van der Waals surface area (Å²) >= 11 is 0. The van der Waals surface area contributed by atoms with Crippen LogP contribution in [0.1, 0.15) is 30.4 Å². The lowest BCUT2D eigenvalue weighted by molar-refractivity contribution is 0.477. The van der Waals surface area contributed by atoms with E-state index < -0.39 is 10.0 Å². The molecule has 5 rings (SSSR count). The standard InChI is InChI=1S/C25H25NO2S/c1-3-23-24(19-7-5-4-6-8-19)22-17-26(16-20(22)15-25(23)13-14-25)29(27,28)21-11-9-18(2)10-12-21/h3-12H,1,13-17H2,2H3. The van der Waals surface area contributed by atoms with E-state index >= 15 is 0 Å².